The number of aryl methyl sites for hydroxylation is 1. The molecule has 1 aliphatic carbocycles. The summed E-state index contributed by atoms with van der Waals surface area (Å²) in [5, 5.41) is 19.4. The molecular formula is C18H22N4O3. The molecule has 1 aromatic carbocycles. The summed E-state index contributed by atoms with van der Waals surface area (Å²) in [6.45, 7) is 4.06. The number of hydrogen-bond acceptors (Lipinski definition) is 4. The van der Waals surface area contributed by atoms with E-state index in [1.165, 1.54) is 17.3 Å². The number of carboxylic acid groups (broad SMARTS) is 1. The molecule has 2 aromatic rings. The van der Waals surface area contributed by atoms with E-state index in [0.29, 0.717) is 12.8 Å². The first kappa shape index (κ1) is 17.1. The summed E-state index contributed by atoms with van der Waals surface area (Å²) in [6, 6.07) is 8.40. The third-order valence-corrected chi connectivity index (χ3v) is 4.60. The van der Waals surface area contributed by atoms with Gasteiger partial charge in [0.1, 0.15) is 0 Å². The number of aromatic carboxylic acids is 1. The maximum absolute atomic E-state index is 12.3. The Morgan fingerprint density at radius 2 is 2.16 bits per heavy atom. The topological polar surface area (TPSA) is 97.1 Å². The number of benzene rings is 1. The number of nitrogens with one attached hydrogen (secondary N) is 1. The van der Waals surface area contributed by atoms with Crippen molar-refractivity contribution in [3.05, 3.63) is 47.3 Å². The standard InChI is InChI=1S/C18H22N4O3/c1-11-4-3-5-13(6-11)7-12(2)19-17(23)14-8-15(9-14)22-10-16(18(24)25)20-21-22/h3-6,10,12,14-15H,7-9H2,1-2H3,(H,19,23)(H,24,25). The van der Waals surface area contributed by atoms with Crippen LogP contribution in [0.5, 0.6) is 0 Å². The zero-order chi connectivity index (χ0) is 18.0. The number of rotatable bonds is 6. The molecular weight excluding hydrogens is 320 g/mol. The molecule has 0 aliphatic heterocycles. The van der Waals surface area contributed by atoms with Gasteiger partial charge >= 0.3 is 5.97 Å². The smallest absolute Gasteiger partial charge is 0.358 e. The van der Waals surface area contributed by atoms with E-state index in [9.17, 15) is 9.59 Å². The van der Waals surface area contributed by atoms with Crippen LogP contribution in [0.25, 0.3) is 0 Å². The molecule has 25 heavy (non-hydrogen) atoms. The summed E-state index contributed by atoms with van der Waals surface area (Å²) >= 11 is 0. The van der Waals surface area contributed by atoms with E-state index >= 15 is 0 Å². The van der Waals surface area contributed by atoms with Crippen LogP contribution in [-0.2, 0) is 11.2 Å². The lowest BCUT2D eigenvalue weighted by atomic mass is 9.79. The number of amides is 1. The van der Waals surface area contributed by atoms with E-state index < -0.39 is 5.97 Å². The van der Waals surface area contributed by atoms with Crippen LogP contribution in [0.3, 0.4) is 0 Å². The molecule has 0 saturated heterocycles. The van der Waals surface area contributed by atoms with Crippen molar-refractivity contribution in [2.24, 2.45) is 5.92 Å². The molecule has 1 amide bonds. The predicted molar refractivity (Wildman–Crippen MR) is 91.2 cm³/mol. The third kappa shape index (κ3) is 4.04. The Balaban J connectivity index is 1.47. The summed E-state index contributed by atoms with van der Waals surface area (Å²) < 4.78 is 1.55. The van der Waals surface area contributed by atoms with Gasteiger partial charge in [0, 0.05) is 12.0 Å². The summed E-state index contributed by atoms with van der Waals surface area (Å²) in [5.74, 6) is -1.10. The Kier molecular flexibility index (Phi) is 4.83. The largest absolute Gasteiger partial charge is 0.476 e. The molecule has 1 aromatic heterocycles. The molecule has 1 fully saturated rings. The molecule has 2 N–H and O–H groups in total. The molecule has 1 heterocycles. The number of nitrogens with zero attached hydrogens (tertiary/aromatic N) is 3. The van der Waals surface area contributed by atoms with Crippen LogP contribution < -0.4 is 5.32 Å². The first-order chi connectivity index (χ1) is 11.9. The quantitative estimate of drug-likeness (QED) is 0.837. The van der Waals surface area contributed by atoms with Gasteiger partial charge in [-0.25, -0.2) is 9.48 Å². The molecule has 1 saturated carbocycles. The highest BCUT2D eigenvalue weighted by Gasteiger charge is 2.37. The maximum atomic E-state index is 12.3. The van der Waals surface area contributed by atoms with Gasteiger partial charge in [-0.2, -0.15) is 0 Å². The monoisotopic (exact) mass is 342 g/mol. The Hall–Kier alpha value is -2.70. The molecule has 1 unspecified atom stereocenters. The van der Waals surface area contributed by atoms with Crippen molar-refractivity contribution in [2.75, 3.05) is 0 Å². The summed E-state index contributed by atoms with van der Waals surface area (Å²) in [5.41, 5.74) is 2.36. The molecule has 0 spiro atoms. The normalized spacial score (nSPS) is 20.6. The van der Waals surface area contributed by atoms with E-state index in [-0.39, 0.29) is 29.6 Å². The van der Waals surface area contributed by atoms with Crippen LogP contribution >= 0.6 is 0 Å². The van der Waals surface area contributed by atoms with E-state index in [1.54, 1.807) is 4.68 Å². The minimum atomic E-state index is -1.09. The average molecular weight is 342 g/mol. The highest BCUT2D eigenvalue weighted by molar-refractivity contribution is 5.84. The number of carboxylic acids is 1. The van der Waals surface area contributed by atoms with Gasteiger partial charge in [0.25, 0.3) is 0 Å². The fourth-order valence-electron chi connectivity index (χ4n) is 3.18. The molecule has 0 bridgehead atoms. The van der Waals surface area contributed by atoms with Gasteiger partial charge in [-0.05, 0) is 38.7 Å². The van der Waals surface area contributed by atoms with Gasteiger partial charge in [0.2, 0.25) is 5.91 Å². The molecule has 1 atom stereocenters. The van der Waals surface area contributed by atoms with Crippen molar-refractivity contribution in [2.45, 2.75) is 45.2 Å². The number of aromatic nitrogens is 3. The summed E-state index contributed by atoms with van der Waals surface area (Å²) in [6.07, 6.45) is 3.53. The van der Waals surface area contributed by atoms with Crippen molar-refractivity contribution in [3.8, 4) is 0 Å². The highest BCUT2D eigenvalue weighted by atomic mass is 16.4. The van der Waals surface area contributed by atoms with Gasteiger partial charge in [0.05, 0.1) is 12.2 Å². The van der Waals surface area contributed by atoms with Gasteiger partial charge in [-0.15, -0.1) is 5.10 Å². The second-order valence-corrected chi connectivity index (χ2v) is 6.81. The lowest BCUT2D eigenvalue weighted by molar-refractivity contribution is -0.129. The molecule has 7 heteroatoms. The Morgan fingerprint density at radius 3 is 2.80 bits per heavy atom. The van der Waals surface area contributed by atoms with Gasteiger partial charge in [0.15, 0.2) is 5.69 Å². The van der Waals surface area contributed by atoms with Crippen LogP contribution in [0.15, 0.2) is 30.5 Å². The van der Waals surface area contributed by atoms with Gasteiger partial charge in [-0.1, -0.05) is 35.0 Å². The van der Waals surface area contributed by atoms with Crippen LogP contribution in [0.4, 0.5) is 0 Å². The van der Waals surface area contributed by atoms with Crippen LogP contribution in [0.1, 0.15) is 47.4 Å². The lowest BCUT2D eigenvalue weighted by Gasteiger charge is -2.34. The fourth-order valence-corrected chi connectivity index (χ4v) is 3.18. The molecule has 7 nitrogen and oxygen atoms in total. The SMILES string of the molecule is Cc1cccc(CC(C)NC(=O)C2CC(n3cc(C(=O)O)nn3)C2)c1. The van der Waals surface area contributed by atoms with Crippen molar-refractivity contribution in [1.82, 2.24) is 20.3 Å². The number of carbonyl (C=O) groups excluding carboxylic acids is 1. The Bertz CT molecular complexity index is 780. The third-order valence-electron chi connectivity index (χ3n) is 4.60. The molecule has 132 valence electrons. The first-order valence-corrected chi connectivity index (χ1v) is 8.43. The highest BCUT2D eigenvalue weighted by Crippen LogP contribution is 2.37. The minimum Gasteiger partial charge on any atom is -0.476 e. The van der Waals surface area contributed by atoms with Gasteiger partial charge < -0.3 is 10.4 Å². The van der Waals surface area contributed by atoms with Gasteiger partial charge in [-0.3, -0.25) is 4.79 Å². The van der Waals surface area contributed by atoms with Crippen molar-refractivity contribution in [1.29, 1.82) is 0 Å². The van der Waals surface area contributed by atoms with E-state index in [4.69, 9.17) is 5.11 Å². The Morgan fingerprint density at radius 1 is 1.40 bits per heavy atom. The van der Waals surface area contributed by atoms with Crippen molar-refractivity contribution in [3.63, 3.8) is 0 Å². The summed E-state index contributed by atoms with van der Waals surface area (Å²) in [4.78, 5) is 23.2. The number of hydrogen-bond donors (Lipinski definition) is 2. The van der Waals surface area contributed by atoms with Crippen molar-refractivity contribution >= 4 is 11.9 Å². The van der Waals surface area contributed by atoms with Crippen LogP contribution in [0, 0.1) is 12.8 Å². The molecule has 3 rings (SSSR count). The zero-order valence-corrected chi connectivity index (χ0v) is 14.3. The first-order valence-electron chi connectivity index (χ1n) is 8.43. The van der Waals surface area contributed by atoms with E-state index in [0.717, 1.165) is 6.42 Å². The molecule has 0 radical (unpaired) electrons. The fraction of sp³-hybridized carbons (Fsp3) is 0.444. The average Bonchev–Trinajstić information content (AvgIpc) is 2.95. The second kappa shape index (κ2) is 7.04. The Labute approximate surface area is 146 Å². The van der Waals surface area contributed by atoms with Crippen LogP contribution in [-0.4, -0.2) is 38.0 Å². The molecule has 1 aliphatic rings. The second-order valence-electron chi connectivity index (χ2n) is 6.81. The minimum absolute atomic E-state index is 0.0448. The predicted octanol–water partition coefficient (Wildman–Crippen LogP) is 1.98. The van der Waals surface area contributed by atoms with E-state index in [2.05, 4.69) is 40.8 Å². The maximum Gasteiger partial charge on any atom is 0.358 e. The number of carbonyl (C=O) groups is 2. The van der Waals surface area contributed by atoms with Crippen LogP contribution in [0.2, 0.25) is 0 Å². The summed E-state index contributed by atoms with van der Waals surface area (Å²) in [7, 11) is 0. The van der Waals surface area contributed by atoms with Crippen molar-refractivity contribution < 1.29 is 14.7 Å². The zero-order valence-electron chi connectivity index (χ0n) is 14.3. The lowest BCUT2D eigenvalue weighted by Crippen LogP contribution is -2.43. The van der Waals surface area contributed by atoms with E-state index in [1.807, 2.05) is 13.0 Å².